The number of ether oxygens (including phenoxy) is 2. The highest BCUT2D eigenvalue weighted by Gasteiger charge is 2.30. The molecule has 2 atom stereocenters. The molecule has 0 unspecified atom stereocenters. The third kappa shape index (κ3) is 16.3. The summed E-state index contributed by atoms with van der Waals surface area (Å²) in [5, 5.41) is 13.4. The summed E-state index contributed by atoms with van der Waals surface area (Å²) in [4.78, 5) is 40.2. The van der Waals surface area contributed by atoms with Gasteiger partial charge in [0, 0.05) is 51.1 Å². The molecule has 4 aromatic carbocycles. The molecule has 4 rings (SSSR count). The lowest BCUT2D eigenvalue weighted by molar-refractivity contribution is -0.130. The number of nitrogens with one attached hydrogen (secondary N) is 4. The van der Waals surface area contributed by atoms with Gasteiger partial charge < -0.3 is 31.6 Å². The summed E-state index contributed by atoms with van der Waals surface area (Å²) in [6.07, 6.45) is 1.68. The van der Waals surface area contributed by atoms with Gasteiger partial charge in [-0.3, -0.25) is 19.8 Å². The van der Waals surface area contributed by atoms with E-state index in [0.717, 1.165) is 27.8 Å². The highest BCUT2D eigenvalue weighted by Crippen LogP contribution is 2.19. The maximum absolute atomic E-state index is 14.2. The van der Waals surface area contributed by atoms with Gasteiger partial charge in [0.2, 0.25) is 21.8 Å². The van der Waals surface area contributed by atoms with Crippen molar-refractivity contribution in [2.45, 2.75) is 70.0 Å². The van der Waals surface area contributed by atoms with Crippen LogP contribution in [0.2, 0.25) is 0 Å². The van der Waals surface area contributed by atoms with Crippen molar-refractivity contribution in [3.63, 3.8) is 0 Å². The zero-order valence-electron chi connectivity index (χ0n) is 33.1. The molecule has 14 heteroatoms. The first-order valence-electron chi connectivity index (χ1n) is 19.4. The van der Waals surface area contributed by atoms with Crippen LogP contribution in [-0.2, 0) is 72.1 Å². The lowest BCUT2D eigenvalue weighted by atomic mass is 9.89. The molecule has 4 aromatic rings. The number of ketones is 1. The van der Waals surface area contributed by atoms with Crippen LogP contribution in [0.4, 0.5) is 0 Å². The highest BCUT2D eigenvalue weighted by molar-refractivity contribution is 7.88. The maximum atomic E-state index is 14.2. The minimum atomic E-state index is -4.01. The van der Waals surface area contributed by atoms with Crippen LogP contribution < -0.4 is 26.8 Å². The molecule has 0 aliphatic heterocycles. The molecule has 0 saturated carbocycles. The number of amidine groups is 1. The number of carbonyl (C=O) groups excluding carboxylic acids is 3. The van der Waals surface area contributed by atoms with E-state index in [1.807, 2.05) is 54.6 Å². The largest absolute Gasteiger partial charge is 0.384 e. The van der Waals surface area contributed by atoms with Crippen LogP contribution in [0, 0.1) is 11.3 Å². The normalized spacial score (nSPS) is 12.4. The number of nitrogen functional groups attached to an aromatic ring is 1. The lowest BCUT2D eigenvalue weighted by Gasteiger charge is -2.22. The molecule has 58 heavy (non-hydrogen) atoms. The molecule has 0 bridgehead atoms. The van der Waals surface area contributed by atoms with E-state index in [4.69, 9.17) is 26.4 Å². The number of aryl methyl sites for hydroxylation is 1. The van der Waals surface area contributed by atoms with Gasteiger partial charge in [-0.05, 0) is 59.1 Å². The third-order valence-corrected chi connectivity index (χ3v) is 10.9. The Labute approximate surface area is 341 Å². The highest BCUT2D eigenvalue weighted by atomic mass is 32.2. The number of hydrogen-bond acceptors (Lipinski definition) is 9. The van der Waals surface area contributed by atoms with E-state index >= 15 is 0 Å². The van der Waals surface area contributed by atoms with E-state index in [-0.39, 0.29) is 74.6 Å². The Kier molecular flexibility index (Phi) is 18.7. The van der Waals surface area contributed by atoms with Crippen LogP contribution in [0.3, 0.4) is 0 Å². The SMILES string of the molecule is COCCOCCC(=O)NCc1ccc(CS(=O)(=O)N[C@H](CCCc2ccccc2)C(=O)C[C@@H](Cc2cccc(CN)c2)C(=O)NCc2ccc(C(=N)N)cc2)cc1. The summed E-state index contributed by atoms with van der Waals surface area (Å²) < 4.78 is 40.3. The van der Waals surface area contributed by atoms with Crippen LogP contribution in [-0.4, -0.2) is 64.8 Å². The molecule has 0 heterocycles. The van der Waals surface area contributed by atoms with Crippen molar-refractivity contribution in [2.24, 2.45) is 17.4 Å². The molecular weight excluding hydrogens is 757 g/mol. The van der Waals surface area contributed by atoms with Crippen LogP contribution in [0.15, 0.2) is 103 Å². The molecule has 0 aromatic heterocycles. The quantitative estimate of drug-likeness (QED) is 0.0306. The Hall–Kier alpha value is -5.25. The zero-order chi connectivity index (χ0) is 41.8. The number of hydrogen-bond donors (Lipinski definition) is 6. The van der Waals surface area contributed by atoms with Gasteiger partial charge in [-0.1, -0.05) is 103 Å². The molecule has 8 N–H and O–H groups in total. The van der Waals surface area contributed by atoms with Crippen molar-refractivity contribution in [1.82, 2.24) is 15.4 Å². The molecular formula is C44H56N6O7S. The molecule has 0 saturated heterocycles. The average Bonchev–Trinajstić information content (AvgIpc) is 3.22. The summed E-state index contributed by atoms with van der Waals surface area (Å²) >= 11 is 0. The van der Waals surface area contributed by atoms with Gasteiger partial charge in [0.25, 0.3) is 0 Å². The van der Waals surface area contributed by atoms with E-state index in [2.05, 4.69) is 15.4 Å². The number of methoxy groups -OCH3 is 1. The van der Waals surface area contributed by atoms with E-state index < -0.39 is 22.0 Å². The zero-order valence-corrected chi connectivity index (χ0v) is 33.9. The molecule has 0 fully saturated rings. The van der Waals surface area contributed by atoms with Crippen molar-refractivity contribution in [2.75, 3.05) is 26.9 Å². The molecule has 0 radical (unpaired) electrons. The Morgan fingerprint density at radius 2 is 1.40 bits per heavy atom. The number of benzene rings is 4. The number of nitrogens with two attached hydrogens (primary N) is 2. The van der Waals surface area contributed by atoms with Gasteiger partial charge in [-0.15, -0.1) is 0 Å². The van der Waals surface area contributed by atoms with Crippen LogP contribution in [0.25, 0.3) is 0 Å². The van der Waals surface area contributed by atoms with Crippen LogP contribution >= 0.6 is 0 Å². The fourth-order valence-electron chi connectivity index (χ4n) is 6.32. The first kappa shape index (κ1) is 45.5. The van der Waals surface area contributed by atoms with Crippen molar-refractivity contribution >= 4 is 33.5 Å². The van der Waals surface area contributed by atoms with Crippen molar-refractivity contribution < 1.29 is 32.3 Å². The van der Waals surface area contributed by atoms with E-state index in [9.17, 15) is 22.8 Å². The molecule has 0 spiro atoms. The summed E-state index contributed by atoms with van der Waals surface area (Å²) in [5.41, 5.74) is 16.9. The predicted octanol–water partition coefficient (Wildman–Crippen LogP) is 4.04. The second-order valence-electron chi connectivity index (χ2n) is 14.2. The first-order valence-corrected chi connectivity index (χ1v) is 21.1. The van der Waals surface area contributed by atoms with E-state index in [1.54, 1.807) is 55.6 Å². The average molecular weight is 813 g/mol. The van der Waals surface area contributed by atoms with Gasteiger partial charge in [-0.2, -0.15) is 0 Å². The lowest BCUT2D eigenvalue weighted by Crippen LogP contribution is -2.43. The van der Waals surface area contributed by atoms with Crippen LogP contribution in [0.1, 0.15) is 64.6 Å². The minimum absolute atomic E-state index is 0.0600. The Bertz CT molecular complexity index is 2030. The first-order chi connectivity index (χ1) is 27.9. The van der Waals surface area contributed by atoms with Crippen molar-refractivity contribution in [1.29, 1.82) is 5.41 Å². The summed E-state index contributed by atoms with van der Waals surface area (Å²) in [5.74, 6) is -2.11. The fraction of sp³-hybridized carbons (Fsp3) is 0.364. The Morgan fingerprint density at radius 3 is 2.07 bits per heavy atom. The number of amides is 2. The minimum Gasteiger partial charge on any atom is -0.384 e. The molecule has 310 valence electrons. The van der Waals surface area contributed by atoms with Crippen molar-refractivity contribution in [3.05, 3.63) is 142 Å². The number of carbonyl (C=O) groups is 3. The Morgan fingerprint density at radius 1 is 0.759 bits per heavy atom. The Balaban J connectivity index is 1.45. The molecule has 2 amide bonds. The number of rotatable bonds is 26. The van der Waals surface area contributed by atoms with E-state index in [1.165, 1.54) is 0 Å². The van der Waals surface area contributed by atoms with Gasteiger partial charge in [-0.25, -0.2) is 13.1 Å². The fourth-order valence-corrected chi connectivity index (χ4v) is 7.71. The van der Waals surface area contributed by atoms with Gasteiger partial charge in [0.1, 0.15) is 5.84 Å². The number of Topliss-reactive ketones (excluding diaryl/α,β-unsaturated/α-hetero) is 1. The predicted molar refractivity (Wildman–Crippen MR) is 225 cm³/mol. The van der Waals surface area contributed by atoms with Gasteiger partial charge >= 0.3 is 0 Å². The van der Waals surface area contributed by atoms with E-state index in [0.29, 0.717) is 43.7 Å². The third-order valence-electron chi connectivity index (χ3n) is 9.55. The standard InChI is InChI=1S/C44H56N6O7S/c1-56-23-24-57-22-21-42(52)48-29-33-13-15-35(16-14-33)31-58(54,55)50-40(12-6-9-32-7-3-2-4-8-32)41(51)27-39(26-36-10-5-11-37(25-36)28-45)44(53)49-30-34-17-19-38(20-18-34)43(46)47/h2-5,7-8,10-11,13-20,25,39-40,50H,6,9,12,21-24,26-31,45H2,1H3,(H3,46,47)(H,48,52)(H,49,53)/t39-,40-/m1/s1. The number of sulfonamides is 1. The summed E-state index contributed by atoms with van der Waals surface area (Å²) in [6, 6.07) is 30.1. The molecule has 0 aliphatic carbocycles. The van der Waals surface area contributed by atoms with Crippen molar-refractivity contribution in [3.8, 4) is 0 Å². The summed E-state index contributed by atoms with van der Waals surface area (Å²) in [6.45, 7) is 1.93. The second-order valence-corrected chi connectivity index (χ2v) is 15.9. The second kappa shape index (κ2) is 23.9. The smallest absolute Gasteiger partial charge is 0.224 e. The monoisotopic (exact) mass is 812 g/mol. The maximum Gasteiger partial charge on any atom is 0.224 e. The summed E-state index contributed by atoms with van der Waals surface area (Å²) in [7, 11) is -2.43. The topological polar surface area (TPSA) is 216 Å². The van der Waals surface area contributed by atoms with Crippen LogP contribution in [0.5, 0.6) is 0 Å². The molecule has 13 nitrogen and oxygen atoms in total. The van der Waals surface area contributed by atoms with Gasteiger partial charge in [0.15, 0.2) is 5.78 Å². The molecule has 0 aliphatic rings. The van der Waals surface area contributed by atoms with Gasteiger partial charge in [0.05, 0.1) is 31.6 Å².